The van der Waals surface area contributed by atoms with E-state index in [2.05, 4.69) is 10.3 Å². The summed E-state index contributed by atoms with van der Waals surface area (Å²) in [5, 5.41) is 2.87. The summed E-state index contributed by atoms with van der Waals surface area (Å²) in [6, 6.07) is 13.8. The number of carbonyl (C=O) groups is 1. The van der Waals surface area contributed by atoms with Gasteiger partial charge in [-0.2, -0.15) is 0 Å². The second-order valence-electron chi connectivity index (χ2n) is 6.04. The molecular formula is C19H23Cl2FN4O. The largest absolute Gasteiger partial charge is 0.356 e. The Hall–Kier alpha value is -2.15. The van der Waals surface area contributed by atoms with E-state index in [1.165, 1.54) is 12.1 Å². The van der Waals surface area contributed by atoms with E-state index >= 15 is 0 Å². The lowest BCUT2D eigenvalue weighted by molar-refractivity contribution is -0.121. The average Bonchev–Trinajstić information content (AvgIpc) is 2.91. The molecule has 1 unspecified atom stereocenters. The summed E-state index contributed by atoms with van der Waals surface area (Å²) in [7, 11) is 1.88. The number of nitrogens with two attached hydrogens (primary N) is 1. The lowest BCUT2D eigenvalue weighted by atomic mass is 10.0. The molecule has 0 aliphatic rings. The van der Waals surface area contributed by atoms with Gasteiger partial charge in [0.05, 0.1) is 11.0 Å². The highest BCUT2D eigenvalue weighted by molar-refractivity contribution is 5.85. The Morgan fingerprint density at radius 3 is 2.63 bits per heavy atom. The zero-order valence-corrected chi connectivity index (χ0v) is 16.5. The normalized spacial score (nSPS) is 11.4. The molecule has 146 valence electrons. The molecule has 1 amide bonds. The molecule has 0 radical (unpaired) electrons. The summed E-state index contributed by atoms with van der Waals surface area (Å²) in [5.41, 5.74) is 8.48. The molecule has 1 aromatic heterocycles. The van der Waals surface area contributed by atoms with Gasteiger partial charge in [-0.25, -0.2) is 9.37 Å². The number of hydrogen-bond donors (Lipinski definition) is 2. The first-order valence-electron chi connectivity index (χ1n) is 8.22. The number of halogens is 3. The molecule has 0 spiro atoms. The van der Waals surface area contributed by atoms with E-state index in [9.17, 15) is 9.18 Å². The lowest BCUT2D eigenvalue weighted by Gasteiger charge is -2.12. The summed E-state index contributed by atoms with van der Waals surface area (Å²) >= 11 is 0. The van der Waals surface area contributed by atoms with Crippen molar-refractivity contribution in [1.82, 2.24) is 14.9 Å². The lowest BCUT2D eigenvalue weighted by Crippen LogP contribution is -2.29. The standard InChI is InChI=1S/C19H21FN4O.2ClH/c1-24-17-8-7-14(20)11-16(17)23-18(24)9-10-22-19(25)12-15(21)13-5-3-2-4-6-13;;/h2-8,11,15H,9-10,12,21H2,1H3,(H,22,25);2*1H. The molecule has 2 aromatic carbocycles. The summed E-state index contributed by atoms with van der Waals surface area (Å²) in [6.07, 6.45) is 0.802. The monoisotopic (exact) mass is 412 g/mol. The van der Waals surface area contributed by atoms with E-state index in [4.69, 9.17) is 5.73 Å². The van der Waals surface area contributed by atoms with Crippen LogP contribution < -0.4 is 11.1 Å². The van der Waals surface area contributed by atoms with Crippen molar-refractivity contribution in [3.8, 4) is 0 Å². The quantitative estimate of drug-likeness (QED) is 0.651. The number of carbonyl (C=O) groups excluding carboxylic acids is 1. The van der Waals surface area contributed by atoms with Gasteiger partial charge in [-0.3, -0.25) is 4.79 Å². The number of benzene rings is 2. The van der Waals surface area contributed by atoms with Crippen molar-refractivity contribution in [2.75, 3.05) is 6.54 Å². The van der Waals surface area contributed by atoms with Crippen LogP contribution in [0.4, 0.5) is 4.39 Å². The highest BCUT2D eigenvalue weighted by atomic mass is 35.5. The number of nitrogens with one attached hydrogen (secondary N) is 1. The van der Waals surface area contributed by atoms with E-state index in [1.54, 1.807) is 6.07 Å². The molecule has 1 atom stereocenters. The van der Waals surface area contributed by atoms with E-state index in [0.717, 1.165) is 16.9 Å². The molecule has 3 N–H and O–H groups in total. The van der Waals surface area contributed by atoms with Crippen LogP contribution in [0, 0.1) is 5.82 Å². The van der Waals surface area contributed by atoms with Gasteiger partial charge in [0, 0.05) is 38.5 Å². The second kappa shape index (κ2) is 10.3. The Labute approximate surface area is 170 Å². The SMILES string of the molecule is Cl.Cl.Cn1c(CCNC(=O)CC(N)c2ccccc2)nc2cc(F)ccc21. The third kappa shape index (κ3) is 5.66. The predicted octanol–water partition coefficient (Wildman–Crippen LogP) is 3.30. The van der Waals surface area contributed by atoms with Crippen molar-refractivity contribution in [1.29, 1.82) is 0 Å². The molecule has 0 bridgehead atoms. The Bertz CT molecular complexity index is 886. The first-order valence-corrected chi connectivity index (χ1v) is 8.22. The molecule has 5 nitrogen and oxygen atoms in total. The Balaban J connectivity index is 0.00000182. The molecule has 0 aliphatic carbocycles. The second-order valence-corrected chi connectivity index (χ2v) is 6.04. The third-order valence-corrected chi connectivity index (χ3v) is 4.24. The van der Waals surface area contributed by atoms with Crippen LogP contribution >= 0.6 is 24.8 Å². The molecule has 8 heteroatoms. The number of aryl methyl sites for hydroxylation is 1. The molecule has 0 aliphatic heterocycles. The molecule has 3 rings (SSSR count). The number of amides is 1. The van der Waals surface area contributed by atoms with E-state index in [-0.39, 0.29) is 49.0 Å². The van der Waals surface area contributed by atoms with Gasteiger partial charge in [-0.05, 0) is 17.7 Å². The van der Waals surface area contributed by atoms with Crippen molar-refractivity contribution in [3.63, 3.8) is 0 Å². The summed E-state index contributed by atoms with van der Waals surface area (Å²) < 4.78 is 15.2. The zero-order valence-electron chi connectivity index (χ0n) is 14.9. The van der Waals surface area contributed by atoms with Gasteiger partial charge >= 0.3 is 0 Å². The maximum Gasteiger partial charge on any atom is 0.221 e. The fourth-order valence-electron chi connectivity index (χ4n) is 2.85. The number of fused-ring (bicyclic) bond motifs is 1. The number of aromatic nitrogens is 2. The van der Waals surface area contributed by atoms with Crippen molar-refractivity contribution in [2.24, 2.45) is 12.8 Å². The fraction of sp³-hybridized carbons (Fsp3) is 0.263. The first kappa shape index (κ1) is 22.9. The van der Waals surface area contributed by atoms with E-state index in [0.29, 0.717) is 18.5 Å². The van der Waals surface area contributed by atoms with Gasteiger partial charge in [-0.1, -0.05) is 30.3 Å². The third-order valence-electron chi connectivity index (χ3n) is 4.24. The molecule has 27 heavy (non-hydrogen) atoms. The molecule has 0 fully saturated rings. The minimum Gasteiger partial charge on any atom is -0.356 e. The molecule has 3 aromatic rings. The molecule has 1 heterocycles. The van der Waals surface area contributed by atoms with Crippen molar-refractivity contribution in [3.05, 3.63) is 65.7 Å². The topological polar surface area (TPSA) is 72.9 Å². The van der Waals surface area contributed by atoms with Crippen LogP contribution in [0.2, 0.25) is 0 Å². The highest BCUT2D eigenvalue weighted by Crippen LogP contribution is 2.16. The Morgan fingerprint density at radius 1 is 1.22 bits per heavy atom. The smallest absolute Gasteiger partial charge is 0.221 e. The van der Waals surface area contributed by atoms with Crippen LogP contribution in [0.5, 0.6) is 0 Å². The van der Waals surface area contributed by atoms with Crippen LogP contribution in [0.15, 0.2) is 48.5 Å². The van der Waals surface area contributed by atoms with Crippen LogP contribution in [-0.2, 0) is 18.3 Å². The first-order chi connectivity index (χ1) is 12.0. The summed E-state index contributed by atoms with van der Waals surface area (Å²) in [5.74, 6) is 0.398. The van der Waals surface area contributed by atoms with Crippen molar-refractivity contribution >= 4 is 41.8 Å². The van der Waals surface area contributed by atoms with Gasteiger partial charge in [0.2, 0.25) is 5.91 Å². The van der Waals surface area contributed by atoms with Crippen molar-refractivity contribution < 1.29 is 9.18 Å². The van der Waals surface area contributed by atoms with Gasteiger partial charge in [-0.15, -0.1) is 24.8 Å². The Kier molecular flexibility index (Phi) is 8.69. The number of nitrogens with zero attached hydrogens (tertiary/aromatic N) is 2. The van der Waals surface area contributed by atoms with Gasteiger partial charge in [0.1, 0.15) is 11.6 Å². The van der Waals surface area contributed by atoms with Crippen LogP contribution in [0.1, 0.15) is 23.9 Å². The van der Waals surface area contributed by atoms with Crippen LogP contribution in [-0.4, -0.2) is 22.0 Å². The molecule has 0 saturated heterocycles. The van der Waals surface area contributed by atoms with Crippen LogP contribution in [0.3, 0.4) is 0 Å². The zero-order chi connectivity index (χ0) is 17.8. The molecular weight excluding hydrogens is 390 g/mol. The van der Waals surface area contributed by atoms with E-state index < -0.39 is 0 Å². The summed E-state index contributed by atoms with van der Waals surface area (Å²) in [6.45, 7) is 0.458. The number of hydrogen-bond acceptors (Lipinski definition) is 3. The number of rotatable bonds is 6. The minimum atomic E-state index is -0.320. The van der Waals surface area contributed by atoms with Crippen molar-refractivity contribution in [2.45, 2.75) is 18.9 Å². The average molecular weight is 413 g/mol. The predicted molar refractivity (Wildman–Crippen MR) is 110 cm³/mol. The number of imidazole rings is 1. The van der Waals surface area contributed by atoms with Gasteiger partial charge in [0.15, 0.2) is 0 Å². The Morgan fingerprint density at radius 2 is 1.93 bits per heavy atom. The highest BCUT2D eigenvalue weighted by Gasteiger charge is 2.12. The maximum absolute atomic E-state index is 13.3. The summed E-state index contributed by atoms with van der Waals surface area (Å²) in [4.78, 5) is 16.5. The van der Waals surface area contributed by atoms with Crippen LogP contribution in [0.25, 0.3) is 11.0 Å². The van der Waals surface area contributed by atoms with E-state index in [1.807, 2.05) is 41.9 Å². The maximum atomic E-state index is 13.3. The fourth-order valence-corrected chi connectivity index (χ4v) is 2.85. The van der Waals surface area contributed by atoms with Gasteiger partial charge in [0.25, 0.3) is 0 Å². The minimum absolute atomic E-state index is 0. The van der Waals surface area contributed by atoms with Gasteiger partial charge < -0.3 is 15.6 Å². The molecule has 0 saturated carbocycles.